The number of rotatable bonds is 5. The minimum Gasteiger partial charge on any atom is -0.461 e. The van der Waals surface area contributed by atoms with Gasteiger partial charge >= 0.3 is 12.1 Å². The lowest BCUT2D eigenvalue weighted by Crippen LogP contribution is -2.20. The summed E-state index contributed by atoms with van der Waals surface area (Å²) >= 11 is 0. The van der Waals surface area contributed by atoms with Crippen LogP contribution in [0.15, 0.2) is 27.3 Å². The van der Waals surface area contributed by atoms with Crippen LogP contribution >= 0.6 is 0 Å². The van der Waals surface area contributed by atoms with Gasteiger partial charge in [0.1, 0.15) is 0 Å². The van der Waals surface area contributed by atoms with Gasteiger partial charge in [-0.25, -0.2) is 0 Å². The van der Waals surface area contributed by atoms with E-state index >= 15 is 0 Å². The first-order chi connectivity index (χ1) is 9.44. The number of aryl methyl sites for hydroxylation is 1. The SMILES string of the molecule is O=C(CCc1nc(-c2ccco2)no1)OCC(F)(F)F. The van der Waals surface area contributed by atoms with Crippen LogP contribution in [0.25, 0.3) is 11.6 Å². The Kier molecular flexibility index (Phi) is 4.06. The molecule has 0 aliphatic rings. The van der Waals surface area contributed by atoms with Gasteiger partial charge < -0.3 is 13.7 Å². The summed E-state index contributed by atoms with van der Waals surface area (Å²) in [5.41, 5.74) is 0. The maximum absolute atomic E-state index is 11.8. The molecule has 0 bridgehead atoms. The lowest BCUT2D eigenvalue weighted by molar-refractivity contribution is -0.186. The van der Waals surface area contributed by atoms with Crippen LogP contribution in [0, 0.1) is 0 Å². The van der Waals surface area contributed by atoms with Crippen LogP contribution in [-0.2, 0) is 16.0 Å². The van der Waals surface area contributed by atoms with Crippen LogP contribution in [0.2, 0.25) is 0 Å². The number of furan rings is 1. The third-order valence-electron chi connectivity index (χ3n) is 2.15. The van der Waals surface area contributed by atoms with Gasteiger partial charge in [-0.15, -0.1) is 0 Å². The second kappa shape index (κ2) is 5.76. The molecule has 2 aromatic heterocycles. The summed E-state index contributed by atoms with van der Waals surface area (Å²) in [5.74, 6) is -0.284. The van der Waals surface area contributed by atoms with Crippen LogP contribution in [0.4, 0.5) is 13.2 Å². The zero-order valence-electron chi connectivity index (χ0n) is 10.0. The highest BCUT2D eigenvalue weighted by atomic mass is 19.4. The normalized spacial score (nSPS) is 11.6. The average molecular weight is 290 g/mol. The number of hydrogen-bond acceptors (Lipinski definition) is 6. The summed E-state index contributed by atoms with van der Waals surface area (Å²) in [6.45, 7) is -1.60. The lowest BCUT2D eigenvalue weighted by atomic mass is 10.3. The Bertz CT molecular complexity index is 562. The van der Waals surface area contributed by atoms with E-state index in [4.69, 9.17) is 8.94 Å². The number of halogens is 3. The minimum atomic E-state index is -4.54. The van der Waals surface area contributed by atoms with Crippen LogP contribution in [-0.4, -0.2) is 28.9 Å². The van der Waals surface area contributed by atoms with E-state index in [2.05, 4.69) is 14.9 Å². The van der Waals surface area contributed by atoms with Crippen molar-refractivity contribution in [3.8, 4) is 11.6 Å². The van der Waals surface area contributed by atoms with Crippen molar-refractivity contribution < 1.29 is 31.6 Å². The number of ether oxygens (including phenoxy) is 1. The predicted molar refractivity (Wildman–Crippen MR) is 57.3 cm³/mol. The van der Waals surface area contributed by atoms with E-state index in [0.29, 0.717) is 5.76 Å². The standard InChI is InChI=1S/C11H9F3N2O4/c12-11(13,14)6-19-9(17)4-3-8-15-10(16-20-8)7-2-1-5-18-7/h1-2,5H,3-4,6H2. The summed E-state index contributed by atoms with van der Waals surface area (Å²) in [6, 6.07) is 3.26. The lowest BCUT2D eigenvalue weighted by Gasteiger charge is -2.06. The van der Waals surface area contributed by atoms with Crippen molar-refractivity contribution in [1.82, 2.24) is 10.1 Å². The molecule has 0 atom stereocenters. The number of alkyl halides is 3. The summed E-state index contributed by atoms with van der Waals surface area (Å²) in [4.78, 5) is 15.0. The number of esters is 1. The number of hydrogen-bond donors (Lipinski definition) is 0. The van der Waals surface area contributed by atoms with E-state index in [-0.39, 0.29) is 24.6 Å². The highest BCUT2D eigenvalue weighted by Crippen LogP contribution is 2.17. The van der Waals surface area contributed by atoms with Crippen LogP contribution in [0.1, 0.15) is 12.3 Å². The molecule has 108 valence electrons. The molecule has 2 heterocycles. The molecular formula is C11H9F3N2O4. The minimum absolute atomic E-state index is 0.00952. The highest BCUT2D eigenvalue weighted by Gasteiger charge is 2.29. The molecule has 0 fully saturated rings. The molecule has 0 unspecified atom stereocenters. The van der Waals surface area contributed by atoms with Crippen molar-refractivity contribution in [2.45, 2.75) is 19.0 Å². The molecule has 0 radical (unpaired) electrons. The monoisotopic (exact) mass is 290 g/mol. The summed E-state index contributed by atoms with van der Waals surface area (Å²) in [7, 11) is 0. The van der Waals surface area contributed by atoms with Gasteiger partial charge in [0.2, 0.25) is 11.7 Å². The van der Waals surface area contributed by atoms with Crippen molar-refractivity contribution in [2.24, 2.45) is 0 Å². The largest absolute Gasteiger partial charge is 0.461 e. The molecule has 20 heavy (non-hydrogen) atoms. The molecule has 0 saturated carbocycles. The van der Waals surface area contributed by atoms with E-state index < -0.39 is 18.8 Å². The van der Waals surface area contributed by atoms with Gasteiger partial charge in [-0.05, 0) is 12.1 Å². The van der Waals surface area contributed by atoms with Crippen LogP contribution < -0.4 is 0 Å². The predicted octanol–water partition coefficient (Wildman–Crippen LogP) is 2.37. The van der Waals surface area contributed by atoms with Crippen LogP contribution in [0.3, 0.4) is 0 Å². The third-order valence-corrected chi connectivity index (χ3v) is 2.15. The van der Waals surface area contributed by atoms with Gasteiger partial charge in [-0.2, -0.15) is 18.2 Å². The van der Waals surface area contributed by atoms with E-state index in [0.717, 1.165) is 0 Å². The number of nitrogens with zero attached hydrogens (tertiary/aromatic N) is 2. The van der Waals surface area contributed by atoms with Crippen molar-refractivity contribution in [1.29, 1.82) is 0 Å². The van der Waals surface area contributed by atoms with E-state index in [1.54, 1.807) is 12.1 Å². The van der Waals surface area contributed by atoms with Crippen molar-refractivity contribution in [3.63, 3.8) is 0 Å². The fourth-order valence-electron chi connectivity index (χ4n) is 1.31. The van der Waals surface area contributed by atoms with Crippen LogP contribution in [0.5, 0.6) is 0 Å². The topological polar surface area (TPSA) is 78.4 Å². The first-order valence-electron chi connectivity index (χ1n) is 5.53. The van der Waals surface area contributed by atoms with Gasteiger partial charge in [0.25, 0.3) is 0 Å². The van der Waals surface area contributed by atoms with Crippen molar-refractivity contribution in [3.05, 3.63) is 24.3 Å². The first-order valence-corrected chi connectivity index (χ1v) is 5.53. The van der Waals surface area contributed by atoms with Gasteiger partial charge in [-0.1, -0.05) is 5.16 Å². The molecule has 0 saturated heterocycles. The Balaban J connectivity index is 1.81. The molecule has 6 nitrogen and oxygen atoms in total. The van der Waals surface area contributed by atoms with Gasteiger partial charge in [0.05, 0.1) is 12.7 Å². The number of aromatic nitrogens is 2. The summed E-state index contributed by atoms with van der Waals surface area (Å²) in [6.07, 6.45) is -3.40. The second-order valence-electron chi connectivity index (χ2n) is 3.76. The molecule has 0 spiro atoms. The maximum Gasteiger partial charge on any atom is 0.422 e. The van der Waals surface area contributed by atoms with E-state index in [1.165, 1.54) is 6.26 Å². The Labute approximate surface area is 110 Å². The molecular weight excluding hydrogens is 281 g/mol. The molecule has 9 heteroatoms. The second-order valence-corrected chi connectivity index (χ2v) is 3.76. The Morgan fingerprint density at radius 2 is 2.20 bits per heavy atom. The van der Waals surface area contributed by atoms with E-state index in [1.807, 2.05) is 0 Å². The van der Waals surface area contributed by atoms with Gasteiger partial charge in [0.15, 0.2) is 12.4 Å². The first kappa shape index (κ1) is 14.1. The Morgan fingerprint density at radius 1 is 1.40 bits per heavy atom. The quantitative estimate of drug-likeness (QED) is 0.787. The fourth-order valence-corrected chi connectivity index (χ4v) is 1.31. The zero-order chi connectivity index (χ0) is 14.6. The molecule has 0 N–H and O–H groups in total. The van der Waals surface area contributed by atoms with Crippen molar-refractivity contribution in [2.75, 3.05) is 6.61 Å². The highest BCUT2D eigenvalue weighted by molar-refractivity contribution is 5.69. The van der Waals surface area contributed by atoms with Gasteiger partial charge in [-0.3, -0.25) is 4.79 Å². The van der Waals surface area contributed by atoms with Crippen molar-refractivity contribution >= 4 is 5.97 Å². The zero-order valence-corrected chi connectivity index (χ0v) is 10.0. The number of carbonyl (C=O) groups excluding carboxylic acids is 1. The molecule has 0 aliphatic heterocycles. The van der Waals surface area contributed by atoms with E-state index in [9.17, 15) is 18.0 Å². The number of carbonyl (C=O) groups is 1. The smallest absolute Gasteiger partial charge is 0.422 e. The molecule has 0 aliphatic carbocycles. The average Bonchev–Trinajstić information content (AvgIpc) is 3.03. The van der Waals surface area contributed by atoms with Gasteiger partial charge in [0, 0.05) is 6.42 Å². The summed E-state index contributed by atoms with van der Waals surface area (Å²) in [5, 5.41) is 3.61. The molecule has 0 aromatic carbocycles. The maximum atomic E-state index is 11.8. The Hall–Kier alpha value is -2.32. The Morgan fingerprint density at radius 3 is 2.85 bits per heavy atom. The molecule has 0 amide bonds. The molecule has 2 aromatic rings. The molecule has 2 rings (SSSR count). The fraction of sp³-hybridized carbons (Fsp3) is 0.364. The third kappa shape index (κ3) is 4.11. The summed E-state index contributed by atoms with van der Waals surface area (Å²) < 4.78 is 49.3.